The second kappa shape index (κ2) is 8.10. The normalized spacial score (nSPS) is 11.4. The first kappa shape index (κ1) is 21.0. The third-order valence-corrected chi connectivity index (χ3v) is 4.35. The van der Waals surface area contributed by atoms with E-state index in [-0.39, 0.29) is 23.0 Å². The van der Waals surface area contributed by atoms with Gasteiger partial charge in [0.15, 0.2) is 0 Å². The molecule has 0 N–H and O–H groups in total. The average molecular weight is 445 g/mol. The number of halogens is 4. The fraction of sp³-hybridized carbons (Fsp3) is 0.0476. The largest absolute Gasteiger partial charge is 0.457 e. The summed E-state index contributed by atoms with van der Waals surface area (Å²) in [6.45, 7) is 0. The highest BCUT2D eigenvalue weighted by molar-refractivity contribution is 5.61. The third-order valence-electron chi connectivity index (χ3n) is 4.35. The Morgan fingerprint density at radius 3 is 2.06 bits per heavy atom. The molecule has 4 rings (SSSR count). The van der Waals surface area contributed by atoms with Crippen molar-refractivity contribution in [3.63, 3.8) is 0 Å². The molecule has 0 aliphatic heterocycles. The molecule has 11 heteroatoms. The summed E-state index contributed by atoms with van der Waals surface area (Å²) in [4.78, 5) is 14.0. The fourth-order valence-electron chi connectivity index (χ4n) is 2.77. The topological polar surface area (TPSA) is 91.3 Å². The van der Waals surface area contributed by atoms with Crippen molar-refractivity contribution >= 4 is 5.69 Å². The van der Waals surface area contributed by atoms with E-state index in [1.165, 1.54) is 18.2 Å². The molecule has 162 valence electrons. The van der Waals surface area contributed by atoms with Gasteiger partial charge < -0.3 is 9.26 Å². The van der Waals surface area contributed by atoms with Gasteiger partial charge in [0.05, 0.1) is 10.5 Å². The van der Waals surface area contributed by atoms with Crippen molar-refractivity contribution in [1.29, 1.82) is 0 Å². The van der Waals surface area contributed by atoms with Gasteiger partial charge in [-0.15, -0.1) is 0 Å². The molecule has 0 amide bonds. The highest BCUT2D eigenvalue weighted by Crippen LogP contribution is 2.32. The molecular formula is C21H11F4N3O4. The van der Waals surface area contributed by atoms with Crippen LogP contribution in [0.1, 0.15) is 5.56 Å². The summed E-state index contributed by atoms with van der Waals surface area (Å²) in [5.74, 6) is -0.279. The van der Waals surface area contributed by atoms with Gasteiger partial charge in [0.1, 0.15) is 11.5 Å². The van der Waals surface area contributed by atoms with Crippen molar-refractivity contribution in [2.45, 2.75) is 6.18 Å². The maximum atomic E-state index is 13.8. The van der Waals surface area contributed by atoms with Crippen LogP contribution in [0.15, 0.2) is 71.3 Å². The van der Waals surface area contributed by atoms with Gasteiger partial charge in [-0.25, -0.2) is 0 Å². The quantitative estimate of drug-likeness (QED) is 0.205. The molecule has 0 fully saturated rings. The molecule has 0 saturated heterocycles. The Balaban J connectivity index is 1.49. The van der Waals surface area contributed by atoms with E-state index in [4.69, 9.17) is 9.26 Å². The van der Waals surface area contributed by atoms with E-state index in [1.807, 2.05) is 0 Å². The molecular weight excluding hydrogens is 434 g/mol. The summed E-state index contributed by atoms with van der Waals surface area (Å²) in [6, 6.07) is 13.8. The number of benzene rings is 3. The van der Waals surface area contributed by atoms with E-state index >= 15 is 0 Å². The molecule has 0 aliphatic carbocycles. The van der Waals surface area contributed by atoms with Crippen molar-refractivity contribution in [1.82, 2.24) is 10.1 Å². The van der Waals surface area contributed by atoms with Gasteiger partial charge in [0, 0.05) is 17.2 Å². The zero-order chi connectivity index (χ0) is 22.9. The van der Waals surface area contributed by atoms with E-state index in [2.05, 4.69) is 10.1 Å². The molecule has 0 unspecified atom stereocenters. The first-order valence-electron chi connectivity index (χ1n) is 8.94. The molecule has 1 heterocycles. The van der Waals surface area contributed by atoms with Crippen LogP contribution in [0.4, 0.5) is 23.2 Å². The molecule has 0 spiro atoms. The Bertz CT molecular complexity index is 1270. The maximum Gasteiger partial charge on any atom is 0.416 e. The average Bonchev–Trinajstić information content (AvgIpc) is 3.24. The van der Waals surface area contributed by atoms with Gasteiger partial charge in [-0.3, -0.25) is 10.1 Å². The SMILES string of the molecule is O=[N+]([O-])c1ccc(-c2nc(-c3ccc(Oc4ccc(C(F)(F)F)cc4)cc3)no2)cc1F. The van der Waals surface area contributed by atoms with Crippen molar-refractivity contribution in [2.24, 2.45) is 0 Å². The molecule has 1 aromatic heterocycles. The van der Waals surface area contributed by atoms with Crippen LogP contribution in [-0.4, -0.2) is 15.1 Å². The van der Waals surface area contributed by atoms with E-state index in [0.29, 0.717) is 11.3 Å². The molecule has 0 saturated carbocycles. The van der Waals surface area contributed by atoms with Crippen LogP contribution in [0.5, 0.6) is 11.5 Å². The molecule has 32 heavy (non-hydrogen) atoms. The molecule has 0 atom stereocenters. The predicted octanol–water partition coefficient (Wildman–Crippen LogP) is 6.26. The number of ether oxygens (including phenoxy) is 1. The van der Waals surface area contributed by atoms with Gasteiger partial charge in [-0.1, -0.05) is 5.16 Å². The number of nitrogens with zero attached hydrogens (tertiary/aromatic N) is 3. The minimum Gasteiger partial charge on any atom is -0.457 e. The zero-order valence-electron chi connectivity index (χ0n) is 15.8. The Labute approximate surface area is 177 Å². The van der Waals surface area contributed by atoms with E-state index in [9.17, 15) is 27.7 Å². The van der Waals surface area contributed by atoms with Crippen LogP contribution in [0, 0.1) is 15.9 Å². The summed E-state index contributed by atoms with van der Waals surface area (Å²) in [6.07, 6.45) is -4.43. The summed E-state index contributed by atoms with van der Waals surface area (Å²) >= 11 is 0. The smallest absolute Gasteiger partial charge is 0.416 e. The summed E-state index contributed by atoms with van der Waals surface area (Å²) in [7, 11) is 0. The minimum absolute atomic E-state index is 0.0288. The molecule has 0 aliphatic rings. The van der Waals surface area contributed by atoms with Crippen LogP contribution in [0.3, 0.4) is 0 Å². The predicted molar refractivity (Wildman–Crippen MR) is 103 cm³/mol. The van der Waals surface area contributed by atoms with Gasteiger partial charge in [0.2, 0.25) is 11.6 Å². The molecule has 7 nitrogen and oxygen atoms in total. The van der Waals surface area contributed by atoms with Crippen LogP contribution in [-0.2, 0) is 6.18 Å². The standard InChI is InChI=1S/C21H11F4N3O4/c22-17-11-13(3-10-18(17)28(29)30)20-26-19(27-32-20)12-1-6-15(7-2-12)31-16-8-4-14(5-9-16)21(23,24)25/h1-11H. The van der Waals surface area contributed by atoms with Crippen LogP contribution in [0.25, 0.3) is 22.8 Å². The van der Waals surface area contributed by atoms with Crippen molar-refractivity contribution in [2.75, 3.05) is 0 Å². The molecule has 4 aromatic rings. The lowest BCUT2D eigenvalue weighted by molar-refractivity contribution is -0.387. The second-order valence-corrected chi connectivity index (χ2v) is 6.50. The number of alkyl halides is 3. The number of aromatic nitrogens is 2. The Morgan fingerprint density at radius 1 is 0.906 bits per heavy atom. The van der Waals surface area contributed by atoms with Crippen LogP contribution < -0.4 is 4.74 Å². The Hall–Kier alpha value is -4.28. The van der Waals surface area contributed by atoms with Gasteiger partial charge in [0.25, 0.3) is 5.89 Å². The minimum atomic E-state index is -4.43. The molecule has 3 aromatic carbocycles. The van der Waals surface area contributed by atoms with Crippen molar-refractivity contribution in [3.05, 3.63) is 88.2 Å². The van der Waals surface area contributed by atoms with Crippen LogP contribution >= 0.6 is 0 Å². The number of rotatable bonds is 5. The lowest BCUT2D eigenvalue weighted by Gasteiger charge is -2.09. The highest BCUT2D eigenvalue weighted by Gasteiger charge is 2.30. The second-order valence-electron chi connectivity index (χ2n) is 6.50. The lowest BCUT2D eigenvalue weighted by atomic mass is 10.2. The highest BCUT2D eigenvalue weighted by atomic mass is 19.4. The number of nitro benzene ring substituents is 1. The van der Waals surface area contributed by atoms with E-state index < -0.39 is 28.2 Å². The lowest BCUT2D eigenvalue weighted by Crippen LogP contribution is -2.03. The van der Waals surface area contributed by atoms with Gasteiger partial charge in [-0.2, -0.15) is 22.5 Å². The molecule has 0 bridgehead atoms. The van der Waals surface area contributed by atoms with Crippen molar-refractivity contribution in [3.8, 4) is 34.3 Å². The van der Waals surface area contributed by atoms with Gasteiger partial charge in [-0.05, 0) is 60.7 Å². The fourth-order valence-corrected chi connectivity index (χ4v) is 2.77. The summed E-state index contributed by atoms with van der Waals surface area (Å²) < 4.78 is 62.3. The van der Waals surface area contributed by atoms with Crippen LogP contribution in [0.2, 0.25) is 0 Å². The monoisotopic (exact) mass is 445 g/mol. The van der Waals surface area contributed by atoms with Crippen molar-refractivity contribution < 1.29 is 31.7 Å². The van der Waals surface area contributed by atoms with E-state index in [1.54, 1.807) is 24.3 Å². The first-order chi connectivity index (χ1) is 15.2. The summed E-state index contributed by atoms with van der Waals surface area (Å²) in [5.41, 5.74) is -0.741. The Kier molecular flexibility index (Phi) is 5.31. The number of hydrogen-bond acceptors (Lipinski definition) is 6. The van der Waals surface area contributed by atoms with Gasteiger partial charge >= 0.3 is 11.9 Å². The third kappa shape index (κ3) is 4.41. The maximum absolute atomic E-state index is 13.8. The zero-order valence-corrected chi connectivity index (χ0v) is 15.8. The molecule has 0 radical (unpaired) electrons. The Morgan fingerprint density at radius 2 is 1.50 bits per heavy atom. The number of hydrogen-bond donors (Lipinski definition) is 0. The van der Waals surface area contributed by atoms with E-state index in [0.717, 1.165) is 24.3 Å². The number of nitro groups is 1. The summed E-state index contributed by atoms with van der Waals surface area (Å²) in [5, 5.41) is 14.5. The first-order valence-corrected chi connectivity index (χ1v) is 8.94.